The zero-order valence-electron chi connectivity index (χ0n) is 14.1. The summed E-state index contributed by atoms with van der Waals surface area (Å²) in [6.07, 6.45) is 1.34. The molecule has 0 atom stereocenters. The van der Waals surface area contributed by atoms with Crippen LogP contribution >= 0.6 is 0 Å². The molecule has 8 heteroatoms. The second kappa shape index (κ2) is 7.73. The van der Waals surface area contributed by atoms with Crippen molar-refractivity contribution in [3.05, 3.63) is 69.9 Å². The largest absolute Gasteiger partial charge is 0.385 e. The Kier molecular flexibility index (Phi) is 5.21. The number of hydrogen-bond acceptors (Lipinski definition) is 6. The second-order valence-electron chi connectivity index (χ2n) is 5.81. The Balaban J connectivity index is 1.51. The maximum absolute atomic E-state index is 12.9. The van der Waals surface area contributed by atoms with Gasteiger partial charge in [0.25, 0.3) is 5.69 Å². The minimum absolute atomic E-state index is 0.0761. The molecule has 3 rings (SSSR count). The van der Waals surface area contributed by atoms with Crippen LogP contribution in [0, 0.1) is 22.9 Å². The third kappa shape index (κ3) is 4.21. The summed E-state index contributed by atoms with van der Waals surface area (Å²) in [6.45, 7) is 2.48. The molecule has 0 saturated carbocycles. The number of rotatable bonds is 7. The average molecular weight is 356 g/mol. The van der Waals surface area contributed by atoms with E-state index in [1.54, 1.807) is 18.2 Å². The fourth-order valence-corrected chi connectivity index (χ4v) is 2.50. The number of aryl methyl sites for hydroxylation is 2. The highest BCUT2D eigenvalue weighted by Crippen LogP contribution is 2.21. The maximum Gasteiger partial charge on any atom is 0.269 e. The molecule has 2 aromatic carbocycles. The Morgan fingerprint density at radius 3 is 2.69 bits per heavy atom. The second-order valence-corrected chi connectivity index (χ2v) is 5.81. The zero-order chi connectivity index (χ0) is 18.5. The lowest BCUT2D eigenvalue weighted by molar-refractivity contribution is -0.384. The van der Waals surface area contributed by atoms with Gasteiger partial charge < -0.3 is 9.84 Å². The number of nitro benzene ring substituents is 1. The summed E-state index contributed by atoms with van der Waals surface area (Å²) >= 11 is 0. The van der Waals surface area contributed by atoms with Gasteiger partial charge in [0, 0.05) is 36.3 Å². The molecule has 1 N–H and O–H groups in total. The molecule has 0 aliphatic carbocycles. The Morgan fingerprint density at radius 2 is 2.00 bits per heavy atom. The van der Waals surface area contributed by atoms with Gasteiger partial charge in [-0.15, -0.1) is 0 Å². The molecule has 0 unspecified atom stereocenters. The molecule has 0 aliphatic heterocycles. The quantitative estimate of drug-likeness (QED) is 0.388. The van der Waals surface area contributed by atoms with Crippen molar-refractivity contribution < 1.29 is 13.8 Å². The Hall–Kier alpha value is -3.29. The summed E-state index contributed by atoms with van der Waals surface area (Å²) in [5.74, 6) is 0.621. The highest BCUT2D eigenvalue weighted by molar-refractivity contribution is 5.55. The van der Waals surface area contributed by atoms with Gasteiger partial charge in [0.15, 0.2) is 0 Å². The summed E-state index contributed by atoms with van der Waals surface area (Å²) in [6, 6.07) is 10.6. The van der Waals surface area contributed by atoms with Gasteiger partial charge >= 0.3 is 0 Å². The van der Waals surface area contributed by atoms with E-state index < -0.39 is 4.92 Å². The van der Waals surface area contributed by atoms with Crippen LogP contribution in [0.25, 0.3) is 11.4 Å². The molecule has 3 aromatic rings. The molecular weight excluding hydrogens is 339 g/mol. The molecule has 134 valence electrons. The van der Waals surface area contributed by atoms with Gasteiger partial charge in [0.1, 0.15) is 5.82 Å². The molecular formula is C18H17FN4O3. The molecule has 0 saturated heterocycles. The Bertz CT molecular complexity index is 909. The highest BCUT2D eigenvalue weighted by atomic mass is 19.1. The number of nitrogens with one attached hydrogen (secondary N) is 1. The van der Waals surface area contributed by atoms with Crippen molar-refractivity contribution in [1.82, 2.24) is 10.1 Å². The van der Waals surface area contributed by atoms with Crippen molar-refractivity contribution in [2.75, 3.05) is 11.9 Å². The van der Waals surface area contributed by atoms with Gasteiger partial charge in [-0.25, -0.2) is 4.39 Å². The van der Waals surface area contributed by atoms with Crippen molar-refractivity contribution >= 4 is 11.4 Å². The van der Waals surface area contributed by atoms with E-state index >= 15 is 0 Å². The molecule has 0 radical (unpaired) electrons. The van der Waals surface area contributed by atoms with Crippen LogP contribution < -0.4 is 5.32 Å². The summed E-state index contributed by atoms with van der Waals surface area (Å²) < 4.78 is 18.1. The maximum atomic E-state index is 12.9. The molecule has 26 heavy (non-hydrogen) atoms. The van der Waals surface area contributed by atoms with Crippen LogP contribution in [0.1, 0.15) is 17.9 Å². The van der Waals surface area contributed by atoms with E-state index in [9.17, 15) is 14.5 Å². The van der Waals surface area contributed by atoms with Crippen molar-refractivity contribution in [3.8, 4) is 11.4 Å². The standard InChI is InChI=1S/C18H17FN4O3/c1-12-11-15(23(24)25)8-9-16(12)20-10-2-3-17-21-18(22-26-17)13-4-6-14(19)7-5-13/h4-9,11,20H,2-3,10H2,1H3. The van der Waals surface area contributed by atoms with E-state index in [-0.39, 0.29) is 11.5 Å². The topological polar surface area (TPSA) is 94.1 Å². The first-order valence-electron chi connectivity index (χ1n) is 8.10. The SMILES string of the molecule is Cc1cc([N+](=O)[O-])ccc1NCCCc1nc(-c2ccc(F)cc2)no1. The van der Waals surface area contributed by atoms with Crippen LogP contribution in [0.3, 0.4) is 0 Å². The van der Waals surface area contributed by atoms with E-state index in [2.05, 4.69) is 15.5 Å². The minimum Gasteiger partial charge on any atom is -0.385 e. The van der Waals surface area contributed by atoms with Crippen LogP contribution in [0.5, 0.6) is 0 Å². The first-order valence-corrected chi connectivity index (χ1v) is 8.10. The van der Waals surface area contributed by atoms with E-state index in [4.69, 9.17) is 4.52 Å². The molecule has 0 bridgehead atoms. The third-order valence-corrected chi connectivity index (χ3v) is 3.87. The van der Waals surface area contributed by atoms with Crippen molar-refractivity contribution in [2.24, 2.45) is 0 Å². The van der Waals surface area contributed by atoms with Gasteiger partial charge in [-0.3, -0.25) is 10.1 Å². The number of hydrogen-bond donors (Lipinski definition) is 1. The number of anilines is 1. The number of nitro groups is 1. The summed E-state index contributed by atoms with van der Waals surface area (Å²) in [4.78, 5) is 14.6. The van der Waals surface area contributed by atoms with E-state index in [0.717, 1.165) is 17.7 Å². The lowest BCUT2D eigenvalue weighted by Crippen LogP contribution is -2.04. The summed E-state index contributed by atoms with van der Waals surface area (Å²) in [5, 5.41) is 17.9. The van der Waals surface area contributed by atoms with Crippen LogP contribution in [0.15, 0.2) is 47.0 Å². The van der Waals surface area contributed by atoms with Crippen LogP contribution in [0.2, 0.25) is 0 Å². The van der Waals surface area contributed by atoms with E-state index in [1.807, 2.05) is 6.92 Å². The van der Waals surface area contributed by atoms with Crippen LogP contribution in [-0.2, 0) is 6.42 Å². The molecule has 1 aromatic heterocycles. The highest BCUT2D eigenvalue weighted by Gasteiger charge is 2.10. The van der Waals surface area contributed by atoms with E-state index in [1.165, 1.54) is 24.3 Å². The number of halogens is 1. The molecule has 0 aliphatic rings. The molecule has 7 nitrogen and oxygen atoms in total. The van der Waals surface area contributed by atoms with E-state index in [0.29, 0.717) is 30.2 Å². The third-order valence-electron chi connectivity index (χ3n) is 3.87. The summed E-state index contributed by atoms with van der Waals surface area (Å²) in [5.41, 5.74) is 2.44. The summed E-state index contributed by atoms with van der Waals surface area (Å²) in [7, 11) is 0. The smallest absolute Gasteiger partial charge is 0.269 e. The molecule has 1 heterocycles. The van der Waals surface area contributed by atoms with Crippen LogP contribution in [-0.4, -0.2) is 21.6 Å². The number of benzene rings is 2. The van der Waals surface area contributed by atoms with Gasteiger partial charge in [-0.1, -0.05) is 5.16 Å². The van der Waals surface area contributed by atoms with Crippen molar-refractivity contribution in [2.45, 2.75) is 19.8 Å². The monoisotopic (exact) mass is 356 g/mol. The van der Waals surface area contributed by atoms with Crippen molar-refractivity contribution in [1.29, 1.82) is 0 Å². The Labute approximate surface area is 149 Å². The lowest BCUT2D eigenvalue weighted by Gasteiger charge is -2.08. The lowest BCUT2D eigenvalue weighted by atomic mass is 10.1. The number of non-ortho nitro benzene ring substituents is 1. The molecule has 0 fully saturated rings. The molecule has 0 amide bonds. The van der Waals surface area contributed by atoms with Crippen molar-refractivity contribution in [3.63, 3.8) is 0 Å². The normalized spacial score (nSPS) is 10.7. The number of nitrogens with zero attached hydrogens (tertiary/aromatic N) is 3. The fraction of sp³-hybridized carbons (Fsp3) is 0.222. The number of aromatic nitrogens is 2. The van der Waals surface area contributed by atoms with Crippen LogP contribution in [0.4, 0.5) is 15.8 Å². The van der Waals surface area contributed by atoms with Gasteiger partial charge in [0.2, 0.25) is 11.7 Å². The zero-order valence-corrected chi connectivity index (χ0v) is 14.1. The van der Waals surface area contributed by atoms with Gasteiger partial charge in [0.05, 0.1) is 4.92 Å². The first kappa shape index (κ1) is 17.5. The average Bonchev–Trinajstić information content (AvgIpc) is 3.09. The predicted molar refractivity (Wildman–Crippen MR) is 94.3 cm³/mol. The predicted octanol–water partition coefficient (Wildman–Crippen LogP) is 4.14. The molecule has 0 spiro atoms. The van der Waals surface area contributed by atoms with Gasteiger partial charge in [-0.05, 0) is 49.2 Å². The first-order chi connectivity index (χ1) is 12.5. The Morgan fingerprint density at radius 1 is 1.23 bits per heavy atom. The van der Waals surface area contributed by atoms with Gasteiger partial charge in [-0.2, -0.15) is 4.98 Å². The minimum atomic E-state index is -0.412. The fourth-order valence-electron chi connectivity index (χ4n) is 2.50.